The van der Waals surface area contributed by atoms with E-state index in [1.54, 1.807) is 0 Å². The summed E-state index contributed by atoms with van der Waals surface area (Å²) < 4.78 is 5.39. The van der Waals surface area contributed by atoms with Crippen LogP contribution in [0.1, 0.15) is 76.2 Å². The van der Waals surface area contributed by atoms with Gasteiger partial charge in [0.25, 0.3) is 0 Å². The maximum atomic E-state index is 11.8. The molecule has 1 fully saturated rings. The number of nitrogens with one attached hydrogen (secondary N) is 1. The van der Waals surface area contributed by atoms with Crippen molar-refractivity contribution >= 4 is 11.9 Å². The molecule has 0 unspecified atom stereocenters. The van der Waals surface area contributed by atoms with E-state index in [0.717, 1.165) is 19.3 Å². The molecule has 1 saturated carbocycles. The van der Waals surface area contributed by atoms with Crippen LogP contribution >= 0.6 is 0 Å². The lowest BCUT2D eigenvalue weighted by Crippen LogP contribution is -2.20. The molecule has 1 N–H and O–H groups in total. The quantitative estimate of drug-likeness (QED) is 0.438. The molecule has 132 valence electrons. The first-order valence-electron chi connectivity index (χ1n) is 9.20. The molecule has 4 nitrogen and oxygen atoms in total. The SMILES string of the molecule is CC(=O)NCCCCCC(=O)Oc1ccc(C2CCCCC2)cc1. The number of ether oxygens (including phenoxy) is 1. The van der Waals surface area contributed by atoms with Gasteiger partial charge in [-0.1, -0.05) is 37.8 Å². The highest BCUT2D eigenvalue weighted by molar-refractivity contribution is 5.73. The molecule has 0 aliphatic heterocycles. The van der Waals surface area contributed by atoms with Gasteiger partial charge in [-0.25, -0.2) is 0 Å². The zero-order valence-electron chi connectivity index (χ0n) is 14.7. The van der Waals surface area contributed by atoms with Crippen molar-refractivity contribution in [3.8, 4) is 5.75 Å². The smallest absolute Gasteiger partial charge is 0.311 e. The Morgan fingerprint density at radius 1 is 1.04 bits per heavy atom. The lowest BCUT2D eigenvalue weighted by Gasteiger charge is -2.22. The molecule has 0 radical (unpaired) electrons. The fraction of sp³-hybridized carbons (Fsp3) is 0.600. The van der Waals surface area contributed by atoms with Crippen molar-refractivity contribution in [1.82, 2.24) is 5.32 Å². The van der Waals surface area contributed by atoms with E-state index in [2.05, 4.69) is 17.4 Å². The van der Waals surface area contributed by atoms with Gasteiger partial charge >= 0.3 is 5.97 Å². The molecule has 24 heavy (non-hydrogen) atoms. The topological polar surface area (TPSA) is 55.4 Å². The minimum atomic E-state index is -0.181. The lowest BCUT2D eigenvalue weighted by atomic mass is 9.84. The average Bonchev–Trinajstić information content (AvgIpc) is 2.59. The summed E-state index contributed by atoms with van der Waals surface area (Å²) in [4.78, 5) is 22.6. The Balaban J connectivity index is 1.65. The number of carbonyl (C=O) groups excluding carboxylic acids is 2. The van der Waals surface area contributed by atoms with Crippen molar-refractivity contribution < 1.29 is 14.3 Å². The van der Waals surface area contributed by atoms with Crippen LogP contribution < -0.4 is 10.1 Å². The van der Waals surface area contributed by atoms with Crippen LogP contribution in [0, 0.1) is 0 Å². The largest absolute Gasteiger partial charge is 0.427 e. The van der Waals surface area contributed by atoms with Gasteiger partial charge in [-0.15, -0.1) is 0 Å². The Morgan fingerprint density at radius 2 is 1.75 bits per heavy atom. The molecular formula is C20H29NO3. The van der Waals surface area contributed by atoms with Crippen molar-refractivity contribution in [2.45, 2.75) is 70.6 Å². The van der Waals surface area contributed by atoms with E-state index in [1.165, 1.54) is 44.6 Å². The fourth-order valence-corrected chi connectivity index (χ4v) is 3.26. The molecule has 0 aromatic heterocycles. The molecule has 0 spiro atoms. The van der Waals surface area contributed by atoms with Crippen LogP contribution in [-0.2, 0) is 9.59 Å². The van der Waals surface area contributed by atoms with Gasteiger partial charge in [-0.3, -0.25) is 9.59 Å². The molecule has 0 atom stereocenters. The third kappa shape index (κ3) is 6.73. The predicted molar refractivity (Wildman–Crippen MR) is 95.1 cm³/mol. The fourth-order valence-electron chi connectivity index (χ4n) is 3.26. The summed E-state index contributed by atoms with van der Waals surface area (Å²) in [6.07, 6.45) is 9.57. The van der Waals surface area contributed by atoms with E-state index in [4.69, 9.17) is 4.74 Å². The summed E-state index contributed by atoms with van der Waals surface area (Å²) in [5, 5.41) is 2.75. The van der Waals surface area contributed by atoms with Gasteiger partial charge in [0.15, 0.2) is 0 Å². The number of hydrogen-bond acceptors (Lipinski definition) is 3. The van der Waals surface area contributed by atoms with Crippen LogP contribution in [0.4, 0.5) is 0 Å². The highest BCUT2D eigenvalue weighted by Crippen LogP contribution is 2.33. The molecule has 0 bridgehead atoms. The highest BCUT2D eigenvalue weighted by Gasteiger charge is 2.15. The van der Waals surface area contributed by atoms with Gasteiger partial charge in [0.05, 0.1) is 0 Å². The molecule has 1 amide bonds. The Morgan fingerprint density at radius 3 is 2.42 bits per heavy atom. The van der Waals surface area contributed by atoms with E-state index in [1.807, 2.05) is 12.1 Å². The van der Waals surface area contributed by atoms with E-state index in [0.29, 0.717) is 24.6 Å². The Bertz CT molecular complexity index is 518. The van der Waals surface area contributed by atoms with Crippen LogP contribution in [0.25, 0.3) is 0 Å². The molecule has 4 heteroatoms. The van der Waals surface area contributed by atoms with Crippen LogP contribution in [0.2, 0.25) is 0 Å². The summed E-state index contributed by atoms with van der Waals surface area (Å²) in [5.41, 5.74) is 1.37. The zero-order valence-corrected chi connectivity index (χ0v) is 14.7. The summed E-state index contributed by atoms with van der Waals surface area (Å²) in [6, 6.07) is 8.04. The second-order valence-corrected chi connectivity index (χ2v) is 6.67. The van der Waals surface area contributed by atoms with Crippen LogP contribution in [0.5, 0.6) is 5.75 Å². The first-order chi connectivity index (χ1) is 11.6. The standard InChI is InChI=1S/C20H29NO3/c1-16(22)21-15-7-3-6-10-20(23)24-19-13-11-18(12-14-19)17-8-4-2-5-9-17/h11-14,17H,2-10,15H2,1H3,(H,21,22). The number of rotatable bonds is 8. The summed E-state index contributed by atoms with van der Waals surface area (Å²) in [6.45, 7) is 2.18. The van der Waals surface area contributed by atoms with Crippen molar-refractivity contribution in [1.29, 1.82) is 0 Å². The van der Waals surface area contributed by atoms with E-state index in [9.17, 15) is 9.59 Å². The summed E-state index contributed by atoms with van der Waals surface area (Å²) in [7, 11) is 0. The van der Waals surface area contributed by atoms with Crippen molar-refractivity contribution in [3.05, 3.63) is 29.8 Å². The number of carbonyl (C=O) groups is 2. The maximum absolute atomic E-state index is 11.8. The lowest BCUT2D eigenvalue weighted by molar-refractivity contribution is -0.134. The van der Waals surface area contributed by atoms with Gasteiger partial charge in [-0.05, 0) is 49.3 Å². The van der Waals surface area contributed by atoms with Crippen LogP contribution in [0.15, 0.2) is 24.3 Å². The molecular weight excluding hydrogens is 302 g/mol. The summed E-state index contributed by atoms with van der Waals surface area (Å²) >= 11 is 0. The first kappa shape index (κ1) is 18.5. The van der Waals surface area contributed by atoms with Gasteiger partial charge in [0.1, 0.15) is 5.75 Å². The molecule has 0 saturated heterocycles. The Hall–Kier alpha value is -1.84. The second-order valence-electron chi connectivity index (χ2n) is 6.67. The van der Waals surface area contributed by atoms with Gasteiger partial charge in [0.2, 0.25) is 5.91 Å². The average molecular weight is 331 g/mol. The molecule has 1 aromatic rings. The minimum Gasteiger partial charge on any atom is -0.427 e. The van der Waals surface area contributed by atoms with E-state index < -0.39 is 0 Å². The highest BCUT2D eigenvalue weighted by atomic mass is 16.5. The predicted octanol–water partition coefficient (Wildman–Crippen LogP) is 4.34. The van der Waals surface area contributed by atoms with Crippen LogP contribution in [0.3, 0.4) is 0 Å². The monoisotopic (exact) mass is 331 g/mol. The molecule has 0 heterocycles. The second kappa shape index (κ2) is 10.1. The third-order valence-corrected chi connectivity index (χ3v) is 4.62. The molecule has 1 aliphatic rings. The Labute approximate surface area is 145 Å². The normalized spacial score (nSPS) is 15.0. The number of amides is 1. The maximum Gasteiger partial charge on any atom is 0.311 e. The molecule has 1 aromatic carbocycles. The van der Waals surface area contributed by atoms with Crippen molar-refractivity contribution in [3.63, 3.8) is 0 Å². The van der Waals surface area contributed by atoms with Crippen molar-refractivity contribution in [2.75, 3.05) is 6.54 Å². The summed E-state index contributed by atoms with van der Waals surface area (Å²) in [5.74, 6) is 1.12. The number of hydrogen-bond donors (Lipinski definition) is 1. The number of unbranched alkanes of at least 4 members (excludes halogenated alkanes) is 2. The molecule has 1 aliphatic carbocycles. The Kier molecular flexibility index (Phi) is 7.80. The van der Waals surface area contributed by atoms with Crippen LogP contribution in [-0.4, -0.2) is 18.4 Å². The molecule has 2 rings (SSSR count). The van der Waals surface area contributed by atoms with Crippen molar-refractivity contribution in [2.24, 2.45) is 0 Å². The number of esters is 1. The third-order valence-electron chi connectivity index (χ3n) is 4.62. The van der Waals surface area contributed by atoms with E-state index in [-0.39, 0.29) is 11.9 Å². The van der Waals surface area contributed by atoms with Gasteiger partial charge in [0, 0.05) is 19.9 Å². The van der Waals surface area contributed by atoms with Gasteiger partial charge in [-0.2, -0.15) is 0 Å². The zero-order chi connectivity index (χ0) is 17.2. The minimum absolute atomic E-state index is 0.00826. The first-order valence-corrected chi connectivity index (χ1v) is 9.20. The van der Waals surface area contributed by atoms with E-state index >= 15 is 0 Å². The van der Waals surface area contributed by atoms with Gasteiger partial charge < -0.3 is 10.1 Å². The number of benzene rings is 1.